The lowest BCUT2D eigenvalue weighted by Gasteiger charge is -2.32. The second-order valence-corrected chi connectivity index (χ2v) is 7.72. The molecule has 2 heterocycles. The summed E-state index contributed by atoms with van der Waals surface area (Å²) in [7, 11) is 0. The number of fused-ring (bicyclic) bond motifs is 1. The Bertz CT molecular complexity index is 688. The molecule has 0 amide bonds. The minimum absolute atomic E-state index is 0.0315. The zero-order valence-electron chi connectivity index (χ0n) is 13.9. The SMILES string of the molecule is CC(C)(C)C(CO)Nc1c(C2CCCC2)c(Cl)nc2ncnn12. The zero-order valence-corrected chi connectivity index (χ0v) is 14.6. The van der Waals surface area contributed by atoms with E-state index in [-0.39, 0.29) is 18.1 Å². The Hall–Kier alpha value is -1.40. The third kappa shape index (κ3) is 3.15. The van der Waals surface area contributed by atoms with Crippen molar-refractivity contribution in [3.05, 3.63) is 17.0 Å². The Morgan fingerprint density at radius 1 is 1.39 bits per heavy atom. The molecule has 1 fully saturated rings. The molecule has 0 saturated heterocycles. The summed E-state index contributed by atoms with van der Waals surface area (Å²) in [5, 5.41) is 18.1. The van der Waals surface area contributed by atoms with Crippen LogP contribution in [0.2, 0.25) is 5.15 Å². The average Bonchev–Trinajstić information content (AvgIpc) is 3.13. The number of aromatic nitrogens is 4. The highest BCUT2D eigenvalue weighted by Crippen LogP contribution is 2.41. The van der Waals surface area contributed by atoms with Crippen LogP contribution in [0.4, 0.5) is 5.82 Å². The van der Waals surface area contributed by atoms with Crippen molar-refractivity contribution >= 4 is 23.2 Å². The van der Waals surface area contributed by atoms with E-state index >= 15 is 0 Å². The van der Waals surface area contributed by atoms with Gasteiger partial charge in [-0.05, 0) is 24.2 Å². The van der Waals surface area contributed by atoms with Crippen LogP contribution in [-0.4, -0.2) is 37.3 Å². The number of nitrogens with one attached hydrogen (secondary N) is 1. The van der Waals surface area contributed by atoms with Crippen LogP contribution in [0.1, 0.15) is 57.9 Å². The second kappa shape index (κ2) is 6.24. The summed E-state index contributed by atoms with van der Waals surface area (Å²) in [6, 6.07) is -0.117. The predicted molar refractivity (Wildman–Crippen MR) is 91.0 cm³/mol. The summed E-state index contributed by atoms with van der Waals surface area (Å²) in [6.45, 7) is 6.32. The molecule has 1 aliphatic carbocycles. The molecule has 0 aromatic carbocycles. The molecule has 1 atom stereocenters. The lowest BCUT2D eigenvalue weighted by Crippen LogP contribution is -2.38. The van der Waals surface area contributed by atoms with Crippen molar-refractivity contribution in [2.24, 2.45) is 5.41 Å². The van der Waals surface area contributed by atoms with Crippen LogP contribution < -0.4 is 5.32 Å². The highest BCUT2D eigenvalue weighted by Gasteiger charge is 2.30. The molecule has 3 rings (SSSR count). The molecule has 1 unspecified atom stereocenters. The molecule has 23 heavy (non-hydrogen) atoms. The number of aliphatic hydroxyl groups excluding tert-OH is 1. The highest BCUT2D eigenvalue weighted by atomic mass is 35.5. The first-order chi connectivity index (χ1) is 10.9. The average molecular weight is 338 g/mol. The molecule has 7 heteroatoms. The summed E-state index contributed by atoms with van der Waals surface area (Å²) in [6.07, 6.45) is 6.11. The van der Waals surface area contributed by atoms with Crippen molar-refractivity contribution in [3.8, 4) is 0 Å². The molecule has 1 aliphatic rings. The van der Waals surface area contributed by atoms with E-state index in [2.05, 4.69) is 41.2 Å². The fourth-order valence-electron chi connectivity index (χ4n) is 3.25. The van der Waals surface area contributed by atoms with Crippen LogP contribution >= 0.6 is 11.6 Å². The monoisotopic (exact) mass is 337 g/mol. The topological polar surface area (TPSA) is 75.3 Å². The lowest BCUT2D eigenvalue weighted by molar-refractivity contribution is 0.201. The summed E-state index contributed by atoms with van der Waals surface area (Å²) in [5.74, 6) is 1.67. The largest absolute Gasteiger partial charge is 0.394 e. The number of rotatable bonds is 4. The van der Waals surface area contributed by atoms with Crippen molar-refractivity contribution in [2.75, 3.05) is 11.9 Å². The molecule has 0 radical (unpaired) electrons. The Labute approximate surface area is 141 Å². The van der Waals surface area contributed by atoms with Crippen molar-refractivity contribution in [3.63, 3.8) is 0 Å². The van der Waals surface area contributed by atoms with Crippen molar-refractivity contribution < 1.29 is 5.11 Å². The van der Waals surface area contributed by atoms with E-state index in [0.29, 0.717) is 16.8 Å². The summed E-state index contributed by atoms with van der Waals surface area (Å²) < 4.78 is 1.70. The summed E-state index contributed by atoms with van der Waals surface area (Å²) in [4.78, 5) is 8.55. The fourth-order valence-corrected chi connectivity index (χ4v) is 3.56. The van der Waals surface area contributed by atoms with E-state index in [0.717, 1.165) is 24.2 Å². The van der Waals surface area contributed by atoms with E-state index in [1.54, 1.807) is 4.52 Å². The molecule has 6 nitrogen and oxygen atoms in total. The number of hydrogen-bond donors (Lipinski definition) is 2. The van der Waals surface area contributed by atoms with Gasteiger partial charge in [-0.2, -0.15) is 19.6 Å². The van der Waals surface area contributed by atoms with Gasteiger partial charge in [-0.15, -0.1) is 0 Å². The summed E-state index contributed by atoms with van der Waals surface area (Å²) in [5.41, 5.74) is 0.898. The van der Waals surface area contributed by atoms with Gasteiger partial charge in [0.05, 0.1) is 12.6 Å². The third-order valence-electron chi connectivity index (χ3n) is 4.72. The highest BCUT2D eigenvalue weighted by molar-refractivity contribution is 6.30. The number of hydrogen-bond acceptors (Lipinski definition) is 5. The van der Waals surface area contributed by atoms with Gasteiger partial charge < -0.3 is 10.4 Å². The van der Waals surface area contributed by atoms with Crippen LogP contribution in [0.3, 0.4) is 0 Å². The fraction of sp³-hybridized carbons (Fsp3) is 0.688. The number of nitrogens with zero attached hydrogens (tertiary/aromatic N) is 4. The normalized spacial score (nSPS) is 17.8. The molecule has 0 aliphatic heterocycles. The minimum atomic E-state index is -0.117. The Morgan fingerprint density at radius 2 is 2.09 bits per heavy atom. The molecule has 2 aromatic rings. The lowest BCUT2D eigenvalue weighted by atomic mass is 9.87. The number of halogens is 1. The van der Waals surface area contributed by atoms with Crippen molar-refractivity contribution in [1.29, 1.82) is 0 Å². The molecule has 1 saturated carbocycles. The van der Waals surface area contributed by atoms with Gasteiger partial charge >= 0.3 is 0 Å². The maximum Gasteiger partial charge on any atom is 0.255 e. The molecule has 2 N–H and O–H groups in total. The van der Waals surface area contributed by atoms with Crippen LogP contribution in [0.15, 0.2) is 6.33 Å². The van der Waals surface area contributed by atoms with Gasteiger partial charge in [0.25, 0.3) is 5.78 Å². The van der Waals surface area contributed by atoms with Crippen LogP contribution in [0, 0.1) is 5.41 Å². The van der Waals surface area contributed by atoms with Gasteiger partial charge in [-0.3, -0.25) is 0 Å². The minimum Gasteiger partial charge on any atom is -0.394 e. The van der Waals surface area contributed by atoms with E-state index in [1.165, 1.54) is 19.2 Å². The molecular weight excluding hydrogens is 314 g/mol. The Balaban J connectivity index is 2.11. The maximum atomic E-state index is 9.81. The number of aliphatic hydroxyl groups is 1. The van der Waals surface area contributed by atoms with E-state index < -0.39 is 0 Å². The maximum absolute atomic E-state index is 9.81. The van der Waals surface area contributed by atoms with Gasteiger partial charge in [0, 0.05) is 5.56 Å². The van der Waals surface area contributed by atoms with Gasteiger partial charge in [0.15, 0.2) is 0 Å². The molecule has 0 bridgehead atoms. The van der Waals surface area contributed by atoms with Crippen LogP contribution in [0.25, 0.3) is 5.78 Å². The molecule has 0 spiro atoms. The molecule has 2 aromatic heterocycles. The summed E-state index contributed by atoms with van der Waals surface area (Å²) >= 11 is 6.49. The smallest absolute Gasteiger partial charge is 0.255 e. The first-order valence-electron chi connectivity index (χ1n) is 8.18. The Kier molecular flexibility index (Phi) is 4.47. The van der Waals surface area contributed by atoms with Crippen molar-refractivity contribution in [2.45, 2.75) is 58.4 Å². The van der Waals surface area contributed by atoms with Gasteiger partial charge in [0.1, 0.15) is 17.3 Å². The second-order valence-electron chi connectivity index (χ2n) is 7.36. The van der Waals surface area contributed by atoms with E-state index in [1.807, 2.05) is 0 Å². The van der Waals surface area contributed by atoms with Crippen LogP contribution in [0.5, 0.6) is 0 Å². The number of anilines is 1. The van der Waals surface area contributed by atoms with E-state index in [4.69, 9.17) is 11.6 Å². The van der Waals surface area contributed by atoms with Gasteiger partial charge in [0.2, 0.25) is 0 Å². The Morgan fingerprint density at radius 3 is 2.70 bits per heavy atom. The first kappa shape index (κ1) is 16.5. The van der Waals surface area contributed by atoms with E-state index in [9.17, 15) is 5.11 Å². The van der Waals surface area contributed by atoms with Gasteiger partial charge in [-0.1, -0.05) is 45.2 Å². The third-order valence-corrected chi connectivity index (χ3v) is 5.01. The molecular formula is C16H24ClN5O. The molecule has 126 valence electrons. The standard InChI is InChI=1S/C16H24ClN5O/c1-16(2,3)11(8-23)20-14-12(10-6-4-5-7-10)13(17)21-15-18-9-19-22(14)15/h9-11,20,23H,4-8H2,1-3H3. The van der Waals surface area contributed by atoms with Crippen LogP contribution in [-0.2, 0) is 0 Å². The van der Waals surface area contributed by atoms with Gasteiger partial charge in [-0.25, -0.2) is 0 Å². The zero-order chi connectivity index (χ0) is 16.6. The van der Waals surface area contributed by atoms with Crippen molar-refractivity contribution in [1.82, 2.24) is 19.6 Å². The predicted octanol–water partition coefficient (Wildman–Crippen LogP) is 3.25. The first-order valence-corrected chi connectivity index (χ1v) is 8.56. The quantitative estimate of drug-likeness (QED) is 0.837.